The zero-order valence-electron chi connectivity index (χ0n) is 34.3. The molecule has 2 aromatic heterocycles. The van der Waals surface area contributed by atoms with Gasteiger partial charge in [0.05, 0.1) is 16.8 Å². The Balaban J connectivity index is 1.12. The first-order chi connectivity index (χ1) is 30.6. The van der Waals surface area contributed by atoms with Crippen LogP contribution in [0.2, 0.25) is 0 Å². The van der Waals surface area contributed by atoms with E-state index >= 15 is 0 Å². The highest BCUT2D eigenvalue weighted by Crippen LogP contribution is 2.57. The molecule has 1 aliphatic rings. The molecule has 1 atom stereocenters. The van der Waals surface area contributed by atoms with Gasteiger partial charge in [-0.25, -0.2) is 9.97 Å². The van der Waals surface area contributed by atoms with Crippen LogP contribution in [0.25, 0.3) is 78.4 Å². The van der Waals surface area contributed by atoms with E-state index in [4.69, 9.17) is 9.97 Å². The van der Waals surface area contributed by atoms with Crippen LogP contribution >= 0.6 is 0 Å². The predicted octanol–water partition coefficient (Wildman–Crippen LogP) is 14.5. The van der Waals surface area contributed by atoms with Gasteiger partial charge in [0.25, 0.3) is 0 Å². The van der Waals surface area contributed by atoms with Crippen LogP contribution in [0, 0.1) is 6.92 Å². The van der Waals surface area contributed by atoms with Crippen LogP contribution in [0.3, 0.4) is 0 Å². The number of hydrogen-bond acceptors (Lipinski definition) is 3. The van der Waals surface area contributed by atoms with Crippen LogP contribution in [0.15, 0.2) is 231 Å². The number of nitrogens with zero attached hydrogens (tertiary/aromatic N) is 3. The SMILES string of the molecule is Cc1ccc(-c2ccccc2-c2ccc3c(c2)C(c2ccccc2)(c2cccc(-c4nc(-c5ccccc5)cc(-c5cccc(-c6ccccc6)c5)n4)c2)c2ccccc2-3)cn1. The van der Waals surface area contributed by atoms with Crippen molar-refractivity contribution in [3.63, 3.8) is 0 Å². The lowest BCUT2D eigenvalue weighted by molar-refractivity contribution is 0.769. The molecule has 3 heteroatoms. The Kier molecular flexibility index (Phi) is 9.28. The van der Waals surface area contributed by atoms with Gasteiger partial charge in [-0.1, -0.05) is 194 Å². The summed E-state index contributed by atoms with van der Waals surface area (Å²) in [6.45, 7) is 2.03. The summed E-state index contributed by atoms with van der Waals surface area (Å²) < 4.78 is 0. The molecule has 292 valence electrons. The molecule has 0 aliphatic heterocycles. The molecule has 0 radical (unpaired) electrons. The number of fused-ring (bicyclic) bond motifs is 3. The van der Waals surface area contributed by atoms with Crippen LogP contribution in [0.5, 0.6) is 0 Å². The molecular weight excluding hydrogens is 751 g/mol. The summed E-state index contributed by atoms with van der Waals surface area (Å²) in [6, 6.07) is 80.5. The fourth-order valence-electron chi connectivity index (χ4n) is 9.40. The van der Waals surface area contributed by atoms with Crippen molar-refractivity contribution in [1.82, 2.24) is 15.0 Å². The van der Waals surface area contributed by atoms with E-state index in [0.717, 1.165) is 61.6 Å². The summed E-state index contributed by atoms with van der Waals surface area (Å²) in [4.78, 5) is 15.3. The molecule has 0 saturated heterocycles. The molecule has 62 heavy (non-hydrogen) atoms. The molecule has 8 aromatic carbocycles. The lowest BCUT2D eigenvalue weighted by atomic mass is 9.67. The molecule has 0 saturated carbocycles. The average Bonchev–Trinajstić information content (AvgIpc) is 3.65. The highest BCUT2D eigenvalue weighted by molar-refractivity contribution is 5.91. The molecule has 0 bridgehead atoms. The highest BCUT2D eigenvalue weighted by atomic mass is 14.9. The summed E-state index contributed by atoms with van der Waals surface area (Å²) in [5.74, 6) is 0.678. The summed E-state index contributed by atoms with van der Waals surface area (Å²) in [6.07, 6.45) is 1.98. The van der Waals surface area contributed by atoms with Gasteiger partial charge in [-0.05, 0) is 98.5 Å². The number of benzene rings is 8. The first kappa shape index (κ1) is 37.0. The summed E-state index contributed by atoms with van der Waals surface area (Å²) in [5.41, 5.74) is 19.4. The van der Waals surface area contributed by atoms with Crippen molar-refractivity contribution in [3.8, 4) is 78.4 Å². The summed E-state index contributed by atoms with van der Waals surface area (Å²) >= 11 is 0. The van der Waals surface area contributed by atoms with Crippen molar-refractivity contribution < 1.29 is 0 Å². The van der Waals surface area contributed by atoms with Gasteiger partial charge in [0.1, 0.15) is 0 Å². The Morgan fingerprint density at radius 3 is 1.61 bits per heavy atom. The number of hydrogen-bond donors (Lipinski definition) is 0. The van der Waals surface area contributed by atoms with Gasteiger partial charge in [-0.15, -0.1) is 0 Å². The van der Waals surface area contributed by atoms with E-state index in [1.165, 1.54) is 38.9 Å². The van der Waals surface area contributed by atoms with E-state index in [0.29, 0.717) is 5.82 Å². The third kappa shape index (κ3) is 6.43. The van der Waals surface area contributed by atoms with Gasteiger partial charge >= 0.3 is 0 Å². The predicted molar refractivity (Wildman–Crippen MR) is 254 cm³/mol. The van der Waals surface area contributed by atoms with E-state index in [1.54, 1.807) is 0 Å². The third-order valence-corrected chi connectivity index (χ3v) is 12.3. The van der Waals surface area contributed by atoms with Crippen molar-refractivity contribution >= 4 is 0 Å². The minimum absolute atomic E-state index is 0.635. The summed E-state index contributed by atoms with van der Waals surface area (Å²) in [5, 5.41) is 0. The Morgan fingerprint density at radius 1 is 0.323 bits per heavy atom. The highest BCUT2D eigenvalue weighted by Gasteiger charge is 2.46. The van der Waals surface area contributed by atoms with Gasteiger partial charge in [0, 0.05) is 34.1 Å². The molecule has 1 aliphatic carbocycles. The van der Waals surface area contributed by atoms with E-state index in [1.807, 2.05) is 19.2 Å². The normalized spacial score (nSPS) is 14.0. The second-order valence-electron chi connectivity index (χ2n) is 16.0. The molecule has 0 fully saturated rings. The molecule has 0 spiro atoms. The number of aryl methyl sites for hydroxylation is 1. The number of aromatic nitrogens is 3. The van der Waals surface area contributed by atoms with Gasteiger partial charge in [-0.2, -0.15) is 0 Å². The van der Waals surface area contributed by atoms with Crippen LogP contribution in [0.4, 0.5) is 0 Å². The van der Waals surface area contributed by atoms with Crippen molar-refractivity contribution in [3.05, 3.63) is 259 Å². The number of pyridine rings is 1. The van der Waals surface area contributed by atoms with Crippen LogP contribution in [-0.4, -0.2) is 15.0 Å². The third-order valence-electron chi connectivity index (χ3n) is 12.3. The Labute approximate surface area is 362 Å². The van der Waals surface area contributed by atoms with Crippen molar-refractivity contribution in [1.29, 1.82) is 0 Å². The largest absolute Gasteiger partial charge is 0.261 e. The molecule has 11 rings (SSSR count). The van der Waals surface area contributed by atoms with E-state index in [-0.39, 0.29) is 0 Å². The zero-order valence-corrected chi connectivity index (χ0v) is 34.3. The van der Waals surface area contributed by atoms with Crippen LogP contribution in [-0.2, 0) is 5.41 Å². The van der Waals surface area contributed by atoms with Crippen molar-refractivity contribution in [2.75, 3.05) is 0 Å². The smallest absolute Gasteiger partial charge is 0.160 e. The lowest BCUT2D eigenvalue weighted by Gasteiger charge is -2.34. The maximum absolute atomic E-state index is 5.37. The Hall–Kier alpha value is -8.01. The van der Waals surface area contributed by atoms with Gasteiger partial charge < -0.3 is 0 Å². The molecule has 0 amide bonds. The van der Waals surface area contributed by atoms with Crippen LogP contribution in [0.1, 0.15) is 27.9 Å². The maximum atomic E-state index is 5.37. The molecule has 0 N–H and O–H groups in total. The van der Waals surface area contributed by atoms with Crippen molar-refractivity contribution in [2.45, 2.75) is 12.3 Å². The first-order valence-corrected chi connectivity index (χ1v) is 21.2. The summed E-state index contributed by atoms with van der Waals surface area (Å²) in [7, 11) is 0. The second-order valence-corrected chi connectivity index (χ2v) is 16.0. The molecule has 3 nitrogen and oxygen atoms in total. The molecule has 1 unspecified atom stereocenters. The minimum atomic E-state index is -0.635. The van der Waals surface area contributed by atoms with Gasteiger partial charge in [-0.3, -0.25) is 4.98 Å². The Morgan fingerprint density at radius 2 is 0.871 bits per heavy atom. The standard InChI is InChI=1S/C59H41N3/c1-40-31-32-47(39-60-40)51-28-12-11-27-50(51)44-33-34-53-52-29-13-14-30-54(52)59(55(53)37-44,48-24-9-4-10-25-48)49-26-16-23-46(36-49)58-61-56(42-19-7-3-8-20-42)38-57(62-58)45-22-15-21-43(35-45)41-17-5-2-6-18-41/h2-39H,1H3. The fourth-order valence-corrected chi connectivity index (χ4v) is 9.40. The molecule has 2 heterocycles. The van der Waals surface area contributed by atoms with E-state index in [9.17, 15) is 0 Å². The number of rotatable bonds is 8. The van der Waals surface area contributed by atoms with Gasteiger partial charge in [0.2, 0.25) is 0 Å². The zero-order chi connectivity index (χ0) is 41.5. The second kappa shape index (κ2) is 15.5. The van der Waals surface area contributed by atoms with Crippen LogP contribution < -0.4 is 0 Å². The first-order valence-electron chi connectivity index (χ1n) is 21.2. The average molecular weight is 792 g/mol. The monoisotopic (exact) mass is 791 g/mol. The minimum Gasteiger partial charge on any atom is -0.261 e. The Bertz CT molecular complexity index is 3230. The molecular formula is C59H41N3. The molecule has 10 aromatic rings. The fraction of sp³-hybridized carbons (Fsp3) is 0.0339. The van der Waals surface area contributed by atoms with E-state index < -0.39 is 5.41 Å². The van der Waals surface area contributed by atoms with E-state index in [2.05, 4.69) is 223 Å². The lowest BCUT2D eigenvalue weighted by Crippen LogP contribution is -2.28. The van der Waals surface area contributed by atoms with Crippen molar-refractivity contribution in [2.24, 2.45) is 0 Å². The van der Waals surface area contributed by atoms with Gasteiger partial charge in [0.15, 0.2) is 5.82 Å². The quantitative estimate of drug-likeness (QED) is 0.154. The maximum Gasteiger partial charge on any atom is 0.160 e. The topological polar surface area (TPSA) is 38.7 Å².